The van der Waals surface area contributed by atoms with Gasteiger partial charge < -0.3 is 15.2 Å². The van der Waals surface area contributed by atoms with E-state index >= 15 is 0 Å². The molecule has 0 saturated heterocycles. The van der Waals surface area contributed by atoms with Gasteiger partial charge in [0.15, 0.2) is 0 Å². The normalized spacial score (nSPS) is 11.6. The van der Waals surface area contributed by atoms with Gasteiger partial charge in [-0.1, -0.05) is 13.8 Å². The molecule has 96 valence electrons. The summed E-state index contributed by atoms with van der Waals surface area (Å²) < 4.78 is 5.20. The summed E-state index contributed by atoms with van der Waals surface area (Å²) in [6.07, 6.45) is 0. The SMILES string of the molecule is COc1cc(C)nc(CNCC(C)(C)CO)c1. The van der Waals surface area contributed by atoms with Crippen LogP contribution in [0.5, 0.6) is 5.75 Å². The maximum absolute atomic E-state index is 9.14. The summed E-state index contributed by atoms with van der Waals surface area (Å²) >= 11 is 0. The van der Waals surface area contributed by atoms with E-state index < -0.39 is 0 Å². The monoisotopic (exact) mass is 238 g/mol. The maximum atomic E-state index is 9.14. The molecular formula is C13H22N2O2. The van der Waals surface area contributed by atoms with Crippen LogP contribution in [-0.2, 0) is 6.54 Å². The molecule has 0 atom stereocenters. The Kier molecular flexibility index (Phi) is 4.90. The van der Waals surface area contributed by atoms with E-state index in [1.807, 2.05) is 32.9 Å². The first-order chi connectivity index (χ1) is 7.96. The quantitative estimate of drug-likeness (QED) is 0.788. The molecule has 0 amide bonds. The number of pyridine rings is 1. The second-order valence-corrected chi connectivity index (χ2v) is 5.07. The van der Waals surface area contributed by atoms with Gasteiger partial charge in [0.2, 0.25) is 0 Å². The number of aliphatic hydroxyl groups is 1. The Bertz CT molecular complexity index is 364. The largest absolute Gasteiger partial charge is 0.497 e. The van der Waals surface area contributed by atoms with Crippen LogP contribution in [0.3, 0.4) is 0 Å². The molecule has 1 rings (SSSR count). The first-order valence-electron chi connectivity index (χ1n) is 5.80. The maximum Gasteiger partial charge on any atom is 0.122 e. The molecule has 1 aromatic heterocycles. The Hall–Kier alpha value is -1.13. The molecule has 0 fully saturated rings. The van der Waals surface area contributed by atoms with Crippen LogP contribution in [0, 0.1) is 12.3 Å². The van der Waals surface area contributed by atoms with Crippen LogP contribution in [-0.4, -0.2) is 30.4 Å². The van der Waals surface area contributed by atoms with Crippen LogP contribution in [0.1, 0.15) is 25.2 Å². The van der Waals surface area contributed by atoms with Crippen molar-refractivity contribution in [2.75, 3.05) is 20.3 Å². The van der Waals surface area contributed by atoms with Crippen LogP contribution < -0.4 is 10.1 Å². The van der Waals surface area contributed by atoms with Gasteiger partial charge in [-0.25, -0.2) is 0 Å². The highest BCUT2D eigenvalue weighted by atomic mass is 16.5. The highest BCUT2D eigenvalue weighted by Crippen LogP contribution is 2.14. The molecule has 0 aliphatic carbocycles. The van der Waals surface area contributed by atoms with Crippen molar-refractivity contribution in [1.82, 2.24) is 10.3 Å². The number of nitrogens with one attached hydrogen (secondary N) is 1. The molecule has 0 saturated carbocycles. The molecule has 0 unspecified atom stereocenters. The lowest BCUT2D eigenvalue weighted by Gasteiger charge is -2.21. The van der Waals surface area contributed by atoms with Gasteiger partial charge in [0.1, 0.15) is 5.75 Å². The number of rotatable bonds is 6. The third-order valence-corrected chi connectivity index (χ3v) is 2.55. The number of aryl methyl sites for hydroxylation is 1. The lowest BCUT2D eigenvalue weighted by atomic mass is 9.95. The van der Waals surface area contributed by atoms with Crippen molar-refractivity contribution in [2.24, 2.45) is 5.41 Å². The number of aromatic nitrogens is 1. The molecule has 1 aromatic rings. The predicted octanol–water partition coefficient (Wildman–Crippen LogP) is 1.51. The number of nitrogens with zero attached hydrogens (tertiary/aromatic N) is 1. The van der Waals surface area contributed by atoms with E-state index in [1.54, 1.807) is 7.11 Å². The van der Waals surface area contributed by atoms with Crippen molar-refractivity contribution in [3.8, 4) is 5.75 Å². The highest BCUT2D eigenvalue weighted by Gasteiger charge is 2.15. The molecule has 0 spiro atoms. The third kappa shape index (κ3) is 4.71. The number of aliphatic hydroxyl groups excluding tert-OH is 1. The van der Waals surface area contributed by atoms with Crippen molar-refractivity contribution in [1.29, 1.82) is 0 Å². The topological polar surface area (TPSA) is 54.4 Å². The Morgan fingerprint density at radius 1 is 1.41 bits per heavy atom. The van der Waals surface area contributed by atoms with E-state index in [1.165, 1.54) is 0 Å². The lowest BCUT2D eigenvalue weighted by molar-refractivity contribution is 0.156. The summed E-state index contributed by atoms with van der Waals surface area (Å²) in [6, 6.07) is 3.83. The zero-order valence-corrected chi connectivity index (χ0v) is 11.1. The van der Waals surface area contributed by atoms with Gasteiger partial charge in [-0.3, -0.25) is 4.98 Å². The number of methoxy groups -OCH3 is 1. The predicted molar refractivity (Wildman–Crippen MR) is 68.1 cm³/mol. The molecular weight excluding hydrogens is 216 g/mol. The zero-order valence-electron chi connectivity index (χ0n) is 11.1. The van der Waals surface area contributed by atoms with Crippen molar-refractivity contribution in [3.05, 3.63) is 23.5 Å². The molecule has 0 aromatic carbocycles. The molecule has 1 heterocycles. The smallest absolute Gasteiger partial charge is 0.122 e. The van der Waals surface area contributed by atoms with Crippen LogP contribution in [0.25, 0.3) is 0 Å². The summed E-state index contributed by atoms with van der Waals surface area (Å²) in [7, 11) is 1.65. The summed E-state index contributed by atoms with van der Waals surface area (Å²) in [4.78, 5) is 4.42. The van der Waals surface area contributed by atoms with Gasteiger partial charge in [0.05, 0.1) is 12.8 Å². The molecule has 0 radical (unpaired) electrons. The summed E-state index contributed by atoms with van der Waals surface area (Å²) in [5.74, 6) is 0.829. The van der Waals surface area contributed by atoms with Crippen LogP contribution in [0.2, 0.25) is 0 Å². The number of hydrogen-bond donors (Lipinski definition) is 2. The average Bonchev–Trinajstić information content (AvgIpc) is 2.28. The van der Waals surface area contributed by atoms with Crippen LogP contribution in [0.4, 0.5) is 0 Å². The minimum Gasteiger partial charge on any atom is -0.497 e. The summed E-state index contributed by atoms with van der Waals surface area (Å²) in [5.41, 5.74) is 1.80. The molecule has 4 heteroatoms. The first kappa shape index (κ1) is 13.9. The molecule has 2 N–H and O–H groups in total. The van der Waals surface area contributed by atoms with E-state index in [0.717, 1.165) is 23.7 Å². The Balaban J connectivity index is 2.55. The fourth-order valence-electron chi connectivity index (χ4n) is 1.50. The van der Waals surface area contributed by atoms with Crippen molar-refractivity contribution in [3.63, 3.8) is 0 Å². The summed E-state index contributed by atoms with van der Waals surface area (Å²) in [5, 5.41) is 12.4. The second kappa shape index (κ2) is 5.98. The van der Waals surface area contributed by atoms with E-state index in [9.17, 15) is 0 Å². The van der Waals surface area contributed by atoms with E-state index in [2.05, 4.69) is 10.3 Å². The molecule has 4 nitrogen and oxygen atoms in total. The van der Waals surface area contributed by atoms with E-state index in [-0.39, 0.29) is 12.0 Å². The van der Waals surface area contributed by atoms with Gasteiger partial charge in [-0.05, 0) is 6.92 Å². The first-order valence-corrected chi connectivity index (χ1v) is 5.80. The van der Waals surface area contributed by atoms with E-state index in [0.29, 0.717) is 6.54 Å². The van der Waals surface area contributed by atoms with Gasteiger partial charge in [-0.15, -0.1) is 0 Å². The number of ether oxygens (including phenoxy) is 1. The third-order valence-electron chi connectivity index (χ3n) is 2.55. The van der Waals surface area contributed by atoms with E-state index in [4.69, 9.17) is 9.84 Å². The van der Waals surface area contributed by atoms with Crippen LogP contribution >= 0.6 is 0 Å². The number of hydrogen-bond acceptors (Lipinski definition) is 4. The van der Waals surface area contributed by atoms with Crippen molar-refractivity contribution >= 4 is 0 Å². The minimum atomic E-state index is -0.103. The van der Waals surface area contributed by atoms with Gasteiger partial charge in [-0.2, -0.15) is 0 Å². The molecule has 0 aliphatic rings. The standard InChI is InChI=1S/C13H22N2O2/c1-10-5-12(17-4)6-11(15-10)7-14-8-13(2,3)9-16/h5-6,14,16H,7-9H2,1-4H3. The second-order valence-electron chi connectivity index (χ2n) is 5.07. The molecule has 0 aliphatic heterocycles. The minimum absolute atomic E-state index is 0.103. The zero-order chi connectivity index (χ0) is 12.9. The van der Waals surface area contributed by atoms with Gasteiger partial charge >= 0.3 is 0 Å². The average molecular weight is 238 g/mol. The Morgan fingerprint density at radius 3 is 2.71 bits per heavy atom. The molecule has 17 heavy (non-hydrogen) atoms. The lowest BCUT2D eigenvalue weighted by Crippen LogP contribution is -2.32. The van der Waals surface area contributed by atoms with Crippen molar-refractivity contribution in [2.45, 2.75) is 27.3 Å². The molecule has 0 bridgehead atoms. The summed E-state index contributed by atoms with van der Waals surface area (Å²) in [6.45, 7) is 7.59. The fourth-order valence-corrected chi connectivity index (χ4v) is 1.50. The Labute approximate surface area is 103 Å². The van der Waals surface area contributed by atoms with Gasteiger partial charge in [0.25, 0.3) is 0 Å². The van der Waals surface area contributed by atoms with Crippen molar-refractivity contribution < 1.29 is 9.84 Å². The highest BCUT2D eigenvalue weighted by molar-refractivity contribution is 5.26. The van der Waals surface area contributed by atoms with Gasteiger partial charge in [0, 0.05) is 42.9 Å². The fraction of sp³-hybridized carbons (Fsp3) is 0.615. The van der Waals surface area contributed by atoms with Crippen LogP contribution in [0.15, 0.2) is 12.1 Å². The Morgan fingerprint density at radius 2 is 2.12 bits per heavy atom.